The van der Waals surface area contributed by atoms with Gasteiger partial charge in [0.05, 0.1) is 0 Å². The Morgan fingerprint density at radius 2 is 2.09 bits per heavy atom. The van der Waals surface area contributed by atoms with Gasteiger partial charge in [-0.3, -0.25) is 0 Å². The Labute approximate surface area is 74.6 Å². The van der Waals surface area contributed by atoms with Crippen LogP contribution in [0.3, 0.4) is 0 Å². The Balaban J connectivity index is 2.72. The molecule has 1 rings (SSSR count). The summed E-state index contributed by atoms with van der Waals surface area (Å²) in [6.07, 6.45) is -0.780. The molecule has 0 saturated carbocycles. The standard InChI is InChI=1S/C5H4BBrF3S/c7-4-1-2-11-5(4)3-6(8,9)10/h1-2H,3H2/q-1. The first-order valence-corrected chi connectivity index (χ1v) is 4.59. The molecule has 0 nitrogen and oxygen atoms in total. The third-order valence-corrected chi connectivity index (χ3v) is 3.06. The van der Waals surface area contributed by atoms with Gasteiger partial charge in [0.1, 0.15) is 0 Å². The third kappa shape index (κ3) is 2.87. The summed E-state index contributed by atoms with van der Waals surface area (Å²) in [6, 6.07) is 1.63. The lowest BCUT2D eigenvalue weighted by atomic mass is 9.85. The quantitative estimate of drug-likeness (QED) is 0.699. The van der Waals surface area contributed by atoms with Gasteiger partial charge >= 0.3 is 6.98 Å². The van der Waals surface area contributed by atoms with Crippen molar-refractivity contribution in [2.45, 2.75) is 6.32 Å². The molecule has 0 atom stereocenters. The van der Waals surface area contributed by atoms with Crippen molar-refractivity contribution in [3.63, 3.8) is 0 Å². The lowest BCUT2D eigenvalue weighted by Crippen LogP contribution is -2.18. The van der Waals surface area contributed by atoms with Gasteiger partial charge in [-0.25, -0.2) is 0 Å². The summed E-state index contributed by atoms with van der Waals surface area (Å²) in [5.41, 5.74) is 0. The van der Waals surface area contributed by atoms with E-state index in [4.69, 9.17) is 0 Å². The highest BCUT2D eigenvalue weighted by molar-refractivity contribution is 9.10. The van der Waals surface area contributed by atoms with E-state index in [9.17, 15) is 12.9 Å². The molecular weight excluding hydrogens is 240 g/mol. The second-order valence-electron chi connectivity index (χ2n) is 2.11. The summed E-state index contributed by atoms with van der Waals surface area (Å²) in [5.74, 6) is 0. The van der Waals surface area contributed by atoms with E-state index >= 15 is 0 Å². The molecule has 0 N–H and O–H groups in total. The van der Waals surface area contributed by atoms with E-state index in [1.807, 2.05) is 0 Å². The van der Waals surface area contributed by atoms with Crippen molar-refractivity contribution in [1.82, 2.24) is 0 Å². The van der Waals surface area contributed by atoms with Crippen LogP contribution in [0.25, 0.3) is 0 Å². The van der Waals surface area contributed by atoms with Gasteiger partial charge in [0.15, 0.2) is 0 Å². The molecule has 1 aromatic heterocycles. The van der Waals surface area contributed by atoms with Gasteiger partial charge in [-0.1, -0.05) is 0 Å². The minimum atomic E-state index is -4.69. The molecule has 0 aliphatic rings. The number of rotatable bonds is 2. The first-order valence-electron chi connectivity index (χ1n) is 2.92. The highest BCUT2D eigenvalue weighted by Crippen LogP contribution is 2.27. The first-order chi connectivity index (χ1) is 4.99. The number of hydrogen-bond donors (Lipinski definition) is 0. The average molecular weight is 244 g/mol. The second-order valence-corrected chi connectivity index (χ2v) is 3.96. The first kappa shape index (κ1) is 9.13. The molecule has 11 heavy (non-hydrogen) atoms. The molecular formula is C5H4BBrF3S-. The summed E-state index contributed by atoms with van der Waals surface area (Å²) in [5, 5.41) is 1.64. The smallest absolute Gasteiger partial charge is 0.449 e. The van der Waals surface area contributed by atoms with E-state index in [1.54, 1.807) is 11.4 Å². The van der Waals surface area contributed by atoms with Crippen LogP contribution >= 0.6 is 27.3 Å². The topological polar surface area (TPSA) is 0 Å². The number of thiophene rings is 1. The summed E-state index contributed by atoms with van der Waals surface area (Å²) in [4.78, 5) is 0.359. The molecule has 0 aromatic carbocycles. The van der Waals surface area contributed by atoms with Crippen LogP contribution in [0.5, 0.6) is 0 Å². The summed E-state index contributed by atoms with van der Waals surface area (Å²) >= 11 is 4.16. The number of hydrogen-bond acceptors (Lipinski definition) is 1. The van der Waals surface area contributed by atoms with Gasteiger partial charge < -0.3 is 12.9 Å². The van der Waals surface area contributed by atoms with E-state index < -0.39 is 13.3 Å². The Bertz CT molecular complexity index is 244. The van der Waals surface area contributed by atoms with Crippen molar-refractivity contribution >= 4 is 34.2 Å². The van der Waals surface area contributed by atoms with E-state index in [1.165, 1.54) is 0 Å². The molecule has 6 heteroatoms. The molecule has 0 aliphatic carbocycles. The van der Waals surface area contributed by atoms with Gasteiger partial charge in [0.2, 0.25) is 0 Å². The molecule has 0 fully saturated rings. The van der Waals surface area contributed by atoms with Crippen LogP contribution in [0.1, 0.15) is 4.88 Å². The van der Waals surface area contributed by atoms with E-state index in [2.05, 4.69) is 15.9 Å². The summed E-state index contributed by atoms with van der Waals surface area (Å²) < 4.78 is 36.1. The minimum absolute atomic E-state index is 0.359. The van der Waals surface area contributed by atoms with Crippen LogP contribution in [0, 0.1) is 0 Å². The highest BCUT2D eigenvalue weighted by Gasteiger charge is 2.24. The van der Waals surface area contributed by atoms with Gasteiger partial charge in [0.25, 0.3) is 0 Å². The zero-order valence-corrected chi connectivity index (χ0v) is 7.76. The molecule has 0 aliphatic heterocycles. The Hall–Kier alpha value is 0.0349. The van der Waals surface area contributed by atoms with E-state index in [0.717, 1.165) is 11.3 Å². The molecule has 62 valence electrons. The van der Waals surface area contributed by atoms with Gasteiger partial charge in [-0.05, 0) is 38.6 Å². The Morgan fingerprint density at radius 3 is 2.45 bits per heavy atom. The molecule has 0 bridgehead atoms. The normalized spacial score (nSPS) is 12.0. The Kier molecular flexibility index (Phi) is 2.64. The fourth-order valence-corrected chi connectivity index (χ4v) is 2.26. The fourth-order valence-electron chi connectivity index (χ4n) is 0.681. The van der Waals surface area contributed by atoms with Crippen molar-refractivity contribution < 1.29 is 12.9 Å². The van der Waals surface area contributed by atoms with Crippen molar-refractivity contribution in [2.24, 2.45) is 0 Å². The molecule has 0 radical (unpaired) electrons. The lowest BCUT2D eigenvalue weighted by molar-refractivity contribution is 0.469. The molecule has 1 aromatic rings. The second kappa shape index (κ2) is 3.19. The molecule has 0 saturated heterocycles. The van der Waals surface area contributed by atoms with Crippen LogP contribution in [0.2, 0.25) is 0 Å². The Morgan fingerprint density at radius 1 is 1.45 bits per heavy atom. The highest BCUT2D eigenvalue weighted by atomic mass is 79.9. The zero-order valence-electron chi connectivity index (χ0n) is 5.36. The molecule has 1 heterocycles. The van der Waals surface area contributed by atoms with Crippen molar-refractivity contribution in [1.29, 1.82) is 0 Å². The van der Waals surface area contributed by atoms with Crippen molar-refractivity contribution in [2.75, 3.05) is 0 Å². The third-order valence-electron chi connectivity index (χ3n) is 1.11. The van der Waals surface area contributed by atoms with Gasteiger partial charge in [-0.2, -0.15) is 11.3 Å². The molecule has 0 amide bonds. The lowest BCUT2D eigenvalue weighted by Gasteiger charge is -2.11. The molecule has 0 unspecified atom stereocenters. The predicted octanol–water partition coefficient (Wildman–Crippen LogP) is 3.44. The maximum absolute atomic E-state index is 11.8. The maximum atomic E-state index is 11.8. The minimum Gasteiger partial charge on any atom is -0.449 e. The van der Waals surface area contributed by atoms with Crippen LogP contribution in [-0.2, 0) is 6.32 Å². The van der Waals surface area contributed by atoms with Crippen LogP contribution in [0.4, 0.5) is 12.9 Å². The molecule has 0 spiro atoms. The summed E-state index contributed by atoms with van der Waals surface area (Å²) in [7, 11) is 0. The maximum Gasteiger partial charge on any atom is 0.483 e. The zero-order chi connectivity index (χ0) is 8.48. The van der Waals surface area contributed by atoms with Crippen LogP contribution < -0.4 is 0 Å². The monoisotopic (exact) mass is 243 g/mol. The fraction of sp³-hybridized carbons (Fsp3) is 0.200. The van der Waals surface area contributed by atoms with Crippen LogP contribution in [-0.4, -0.2) is 6.98 Å². The average Bonchev–Trinajstić information content (AvgIpc) is 2.12. The van der Waals surface area contributed by atoms with Crippen LogP contribution in [0.15, 0.2) is 15.9 Å². The largest absolute Gasteiger partial charge is 0.483 e. The van der Waals surface area contributed by atoms with E-state index in [-0.39, 0.29) is 0 Å². The predicted molar refractivity (Wildman–Crippen MR) is 44.8 cm³/mol. The van der Waals surface area contributed by atoms with Crippen molar-refractivity contribution in [3.8, 4) is 0 Å². The summed E-state index contributed by atoms with van der Waals surface area (Å²) in [6.45, 7) is -4.69. The van der Waals surface area contributed by atoms with E-state index in [0.29, 0.717) is 9.35 Å². The SMILES string of the molecule is F[B-](F)(F)Cc1sccc1Br. The van der Waals surface area contributed by atoms with Gasteiger partial charge in [0, 0.05) is 4.47 Å². The number of halogens is 4. The van der Waals surface area contributed by atoms with Crippen molar-refractivity contribution in [3.05, 3.63) is 20.8 Å². The van der Waals surface area contributed by atoms with Gasteiger partial charge in [-0.15, -0.1) is 0 Å².